The molecular formula is C17H20N4O4. The fourth-order valence-electron chi connectivity index (χ4n) is 2.29. The number of non-ortho nitro benzene ring substituents is 2. The minimum Gasteiger partial charge on any atom is -0.385 e. The lowest BCUT2D eigenvalue weighted by atomic mass is 10.2. The molecule has 132 valence electrons. The maximum atomic E-state index is 10.6. The molecule has 0 aliphatic rings. The van der Waals surface area contributed by atoms with Crippen molar-refractivity contribution in [2.75, 3.05) is 23.7 Å². The first kappa shape index (κ1) is 18.2. The van der Waals surface area contributed by atoms with Gasteiger partial charge in [-0.15, -0.1) is 0 Å². The fraction of sp³-hybridized carbons (Fsp3) is 0.294. The van der Waals surface area contributed by atoms with Gasteiger partial charge in [-0.3, -0.25) is 20.2 Å². The van der Waals surface area contributed by atoms with Gasteiger partial charge in [0.1, 0.15) is 0 Å². The molecule has 0 fully saturated rings. The topological polar surface area (TPSA) is 110 Å². The van der Waals surface area contributed by atoms with Crippen LogP contribution >= 0.6 is 0 Å². The van der Waals surface area contributed by atoms with E-state index in [4.69, 9.17) is 0 Å². The Morgan fingerprint density at radius 2 is 1.00 bits per heavy atom. The van der Waals surface area contributed by atoms with Crippen LogP contribution in [0.2, 0.25) is 0 Å². The maximum absolute atomic E-state index is 10.6. The summed E-state index contributed by atoms with van der Waals surface area (Å²) >= 11 is 0. The zero-order valence-electron chi connectivity index (χ0n) is 13.7. The average molecular weight is 344 g/mol. The van der Waals surface area contributed by atoms with E-state index in [1.807, 2.05) is 0 Å². The first-order valence-corrected chi connectivity index (χ1v) is 8.03. The molecule has 8 nitrogen and oxygen atoms in total. The molecule has 0 heterocycles. The molecule has 2 aromatic carbocycles. The first-order chi connectivity index (χ1) is 12.1. The second kappa shape index (κ2) is 9.21. The lowest BCUT2D eigenvalue weighted by molar-refractivity contribution is -0.385. The molecule has 2 N–H and O–H groups in total. The normalized spacial score (nSPS) is 10.2. The van der Waals surface area contributed by atoms with Crippen LogP contribution in [0.15, 0.2) is 48.5 Å². The predicted molar refractivity (Wildman–Crippen MR) is 97.0 cm³/mol. The van der Waals surface area contributed by atoms with E-state index in [-0.39, 0.29) is 11.4 Å². The highest BCUT2D eigenvalue weighted by Crippen LogP contribution is 2.16. The van der Waals surface area contributed by atoms with Crippen LogP contribution in [0, 0.1) is 20.2 Å². The number of anilines is 2. The third-order valence-corrected chi connectivity index (χ3v) is 3.67. The van der Waals surface area contributed by atoms with E-state index in [1.54, 1.807) is 24.3 Å². The van der Waals surface area contributed by atoms with Crippen molar-refractivity contribution in [1.29, 1.82) is 0 Å². The quantitative estimate of drug-likeness (QED) is 0.380. The smallest absolute Gasteiger partial charge is 0.269 e. The van der Waals surface area contributed by atoms with Gasteiger partial charge in [-0.1, -0.05) is 0 Å². The number of nitrogens with zero attached hydrogens (tertiary/aromatic N) is 2. The maximum Gasteiger partial charge on any atom is 0.269 e. The van der Waals surface area contributed by atoms with Gasteiger partial charge in [0, 0.05) is 48.7 Å². The Labute approximate surface area is 145 Å². The molecule has 2 aromatic rings. The summed E-state index contributed by atoms with van der Waals surface area (Å²) in [6.07, 6.45) is 3.00. The molecule has 0 atom stereocenters. The minimum atomic E-state index is -0.415. The minimum absolute atomic E-state index is 0.0860. The number of nitro groups is 2. The number of unbranched alkanes of at least 4 members (excludes halogenated alkanes) is 2. The number of rotatable bonds is 10. The summed E-state index contributed by atoms with van der Waals surface area (Å²) < 4.78 is 0. The monoisotopic (exact) mass is 344 g/mol. The summed E-state index contributed by atoms with van der Waals surface area (Å²) in [4.78, 5) is 20.3. The molecule has 2 rings (SSSR count). The van der Waals surface area contributed by atoms with Crippen LogP contribution < -0.4 is 10.6 Å². The zero-order chi connectivity index (χ0) is 18.1. The van der Waals surface area contributed by atoms with Crippen LogP contribution in [0.5, 0.6) is 0 Å². The molecular weight excluding hydrogens is 324 g/mol. The first-order valence-electron chi connectivity index (χ1n) is 8.03. The molecule has 0 radical (unpaired) electrons. The number of hydrogen-bond acceptors (Lipinski definition) is 6. The van der Waals surface area contributed by atoms with Crippen molar-refractivity contribution in [1.82, 2.24) is 0 Å². The van der Waals surface area contributed by atoms with E-state index in [2.05, 4.69) is 10.6 Å². The van der Waals surface area contributed by atoms with Crippen LogP contribution in [0.4, 0.5) is 22.7 Å². The van der Waals surface area contributed by atoms with Crippen molar-refractivity contribution in [2.24, 2.45) is 0 Å². The second-order valence-electron chi connectivity index (χ2n) is 5.52. The molecule has 0 saturated carbocycles. The predicted octanol–water partition coefficient (Wildman–Crippen LogP) is 4.20. The lowest BCUT2D eigenvalue weighted by Gasteiger charge is -2.07. The largest absolute Gasteiger partial charge is 0.385 e. The lowest BCUT2D eigenvalue weighted by Crippen LogP contribution is -2.04. The van der Waals surface area contributed by atoms with E-state index in [9.17, 15) is 20.2 Å². The standard InChI is InChI=1S/C17H20N4O4/c22-20(23)16-8-4-14(5-9-16)18-12-2-1-3-13-19-15-6-10-17(11-7-15)21(24)25/h4-11,18-19H,1-3,12-13H2. The summed E-state index contributed by atoms with van der Waals surface area (Å²) in [7, 11) is 0. The third-order valence-electron chi connectivity index (χ3n) is 3.67. The van der Waals surface area contributed by atoms with Gasteiger partial charge in [-0.25, -0.2) is 0 Å². The van der Waals surface area contributed by atoms with Gasteiger partial charge in [0.05, 0.1) is 9.85 Å². The van der Waals surface area contributed by atoms with Gasteiger partial charge in [0.15, 0.2) is 0 Å². The number of nitro benzene ring substituents is 2. The number of nitrogens with one attached hydrogen (secondary N) is 2. The highest BCUT2D eigenvalue weighted by molar-refractivity contribution is 5.49. The van der Waals surface area contributed by atoms with Gasteiger partial charge in [-0.05, 0) is 43.5 Å². The van der Waals surface area contributed by atoms with Gasteiger partial charge < -0.3 is 10.6 Å². The molecule has 0 unspecified atom stereocenters. The number of benzene rings is 2. The molecule has 0 aromatic heterocycles. The molecule has 0 bridgehead atoms. The van der Waals surface area contributed by atoms with Gasteiger partial charge >= 0.3 is 0 Å². The molecule has 0 amide bonds. The third kappa shape index (κ3) is 6.09. The fourth-order valence-corrected chi connectivity index (χ4v) is 2.29. The molecule has 0 aliphatic carbocycles. The highest BCUT2D eigenvalue weighted by atomic mass is 16.6. The van der Waals surface area contributed by atoms with Crippen molar-refractivity contribution in [3.05, 3.63) is 68.8 Å². The van der Waals surface area contributed by atoms with Crippen molar-refractivity contribution in [3.63, 3.8) is 0 Å². The van der Waals surface area contributed by atoms with E-state index >= 15 is 0 Å². The Bertz CT molecular complexity index is 640. The van der Waals surface area contributed by atoms with Gasteiger partial charge in [0.2, 0.25) is 0 Å². The van der Waals surface area contributed by atoms with E-state index in [0.29, 0.717) is 0 Å². The van der Waals surface area contributed by atoms with E-state index in [1.165, 1.54) is 24.3 Å². The van der Waals surface area contributed by atoms with Crippen LogP contribution in [0.3, 0.4) is 0 Å². The van der Waals surface area contributed by atoms with E-state index in [0.717, 1.165) is 43.7 Å². The summed E-state index contributed by atoms with van der Waals surface area (Å²) in [5.74, 6) is 0. The Kier molecular flexibility index (Phi) is 6.70. The highest BCUT2D eigenvalue weighted by Gasteiger charge is 2.04. The van der Waals surface area contributed by atoms with Crippen molar-refractivity contribution >= 4 is 22.7 Å². The van der Waals surface area contributed by atoms with Crippen LogP contribution in [-0.4, -0.2) is 22.9 Å². The van der Waals surface area contributed by atoms with Crippen molar-refractivity contribution in [3.8, 4) is 0 Å². The molecule has 0 saturated heterocycles. The SMILES string of the molecule is O=[N+]([O-])c1ccc(NCCCCCNc2ccc([N+](=O)[O-])cc2)cc1. The summed E-state index contributed by atoms with van der Waals surface area (Å²) in [5, 5.41) is 27.6. The second-order valence-corrected chi connectivity index (χ2v) is 5.52. The Morgan fingerprint density at radius 3 is 1.32 bits per heavy atom. The Balaban J connectivity index is 1.57. The summed E-state index contributed by atoms with van der Waals surface area (Å²) in [6, 6.07) is 12.7. The van der Waals surface area contributed by atoms with Crippen LogP contribution in [0.25, 0.3) is 0 Å². The molecule has 0 spiro atoms. The van der Waals surface area contributed by atoms with E-state index < -0.39 is 9.85 Å². The van der Waals surface area contributed by atoms with Crippen LogP contribution in [-0.2, 0) is 0 Å². The summed E-state index contributed by atoms with van der Waals surface area (Å²) in [6.45, 7) is 1.60. The number of hydrogen-bond donors (Lipinski definition) is 2. The van der Waals surface area contributed by atoms with Crippen molar-refractivity contribution in [2.45, 2.75) is 19.3 Å². The van der Waals surface area contributed by atoms with Crippen molar-refractivity contribution < 1.29 is 9.85 Å². The zero-order valence-corrected chi connectivity index (χ0v) is 13.7. The van der Waals surface area contributed by atoms with Crippen LogP contribution in [0.1, 0.15) is 19.3 Å². The van der Waals surface area contributed by atoms with Gasteiger partial charge in [-0.2, -0.15) is 0 Å². The molecule has 25 heavy (non-hydrogen) atoms. The summed E-state index contributed by atoms with van der Waals surface area (Å²) in [5.41, 5.74) is 1.91. The molecule has 8 heteroatoms. The van der Waals surface area contributed by atoms with Gasteiger partial charge in [0.25, 0.3) is 11.4 Å². The molecule has 0 aliphatic heterocycles. The Morgan fingerprint density at radius 1 is 0.640 bits per heavy atom. The Hall–Kier alpha value is -3.16. The average Bonchev–Trinajstić information content (AvgIpc) is 2.61.